The topological polar surface area (TPSA) is 87.5 Å². The van der Waals surface area contributed by atoms with E-state index in [9.17, 15) is 14.9 Å². The number of nitro groups is 1. The molecule has 0 heterocycles. The smallest absolute Gasteiger partial charge is 0.292 e. The number of nitrogens with zero attached hydrogens (tertiary/aromatic N) is 2. The van der Waals surface area contributed by atoms with Crippen LogP contribution in [0.1, 0.15) is 6.42 Å². The molecule has 0 radical (unpaired) electrons. The van der Waals surface area contributed by atoms with Gasteiger partial charge < -0.3 is 15.5 Å². The fourth-order valence-electron chi connectivity index (χ4n) is 1.79. The van der Waals surface area contributed by atoms with Crippen LogP contribution in [0.15, 0.2) is 24.3 Å². The fourth-order valence-corrected chi connectivity index (χ4v) is 1.79. The van der Waals surface area contributed by atoms with Crippen LogP contribution in [0.3, 0.4) is 0 Å². The van der Waals surface area contributed by atoms with E-state index in [-0.39, 0.29) is 18.1 Å². The van der Waals surface area contributed by atoms with Crippen molar-refractivity contribution in [2.75, 3.05) is 38.6 Å². The summed E-state index contributed by atoms with van der Waals surface area (Å²) >= 11 is 0. The molecule has 20 heavy (non-hydrogen) atoms. The Morgan fingerprint density at radius 1 is 1.35 bits per heavy atom. The van der Waals surface area contributed by atoms with Crippen molar-refractivity contribution in [2.45, 2.75) is 6.42 Å². The maximum Gasteiger partial charge on any atom is 0.292 e. The molecule has 7 heteroatoms. The second kappa shape index (κ2) is 8.11. The molecule has 0 bridgehead atoms. The van der Waals surface area contributed by atoms with E-state index in [4.69, 9.17) is 0 Å². The fraction of sp³-hybridized carbons (Fsp3) is 0.462. The molecule has 0 atom stereocenters. The quantitative estimate of drug-likeness (QED) is 0.417. The summed E-state index contributed by atoms with van der Waals surface area (Å²) in [4.78, 5) is 23.8. The van der Waals surface area contributed by atoms with Crippen molar-refractivity contribution in [1.82, 2.24) is 10.6 Å². The molecular formula is C13H20N4O3. The number of hydrogen-bond acceptors (Lipinski definition) is 5. The van der Waals surface area contributed by atoms with Crippen LogP contribution < -0.4 is 15.5 Å². The van der Waals surface area contributed by atoms with Crippen LogP contribution in [0.5, 0.6) is 0 Å². The average Bonchev–Trinajstić information content (AvgIpc) is 2.43. The number of carbonyl (C=O) groups is 1. The molecule has 0 spiro atoms. The van der Waals surface area contributed by atoms with Gasteiger partial charge in [0, 0.05) is 19.7 Å². The van der Waals surface area contributed by atoms with Gasteiger partial charge in [-0.3, -0.25) is 14.9 Å². The second-order valence-corrected chi connectivity index (χ2v) is 4.41. The van der Waals surface area contributed by atoms with Gasteiger partial charge in [-0.05, 0) is 26.1 Å². The minimum Gasteiger partial charge on any atom is -0.360 e. The standard InChI is InChI=1S/C13H20N4O3/c1-14-8-5-9-15-13(18)10-16(2)11-6-3-4-7-12(11)17(19)20/h3-4,6-7,14H,5,8-10H2,1-2H3,(H,15,18). The normalized spacial score (nSPS) is 10.1. The predicted molar refractivity (Wildman–Crippen MR) is 77.9 cm³/mol. The summed E-state index contributed by atoms with van der Waals surface area (Å²) < 4.78 is 0. The highest BCUT2D eigenvalue weighted by molar-refractivity contribution is 5.82. The van der Waals surface area contributed by atoms with Gasteiger partial charge in [0.05, 0.1) is 11.5 Å². The Morgan fingerprint density at radius 3 is 2.70 bits per heavy atom. The zero-order valence-corrected chi connectivity index (χ0v) is 11.8. The number of benzene rings is 1. The van der Waals surface area contributed by atoms with Gasteiger partial charge in [-0.1, -0.05) is 12.1 Å². The number of amides is 1. The van der Waals surface area contributed by atoms with Gasteiger partial charge >= 0.3 is 0 Å². The molecule has 0 aliphatic heterocycles. The highest BCUT2D eigenvalue weighted by atomic mass is 16.6. The van der Waals surface area contributed by atoms with Gasteiger partial charge in [-0.25, -0.2) is 0 Å². The molecule has 110 valence electrons. The van der Waals surface area contributed by atoms with Gasteiger partial charge in [0.25, 0.3) is 5.69 Å². The number of rotatable bonds is 8. The van der Waals surface area contributed by atoms with Crippen molar-refractivity contribution in [3.63, 3.8) is 0 Å². The summed E-state index contributed by atoms with van der Waals surface area (Å²) in [5.74, 6) is -0.151. The minimum absolute atomic E-state index is 0.00187. The lowest BCUT2D eigenvalue weighted by molar-refractivity contribution is -0.384. The minimum atomic E-state index is -0.448. The Kier molecular flexibility index (Phi) is 6.45. The van der Waals surface area contributed by atoms with Crippen molar-refractivity contribution in [3.05, 3.63) is 34.4 Å². The number of carbonyl (C=O) groups excluding carboxylic acids is 1. The van der Waals surface area contributed by atoms with Crippen LogP contribution in [0.25, 0.3) is 0 Å². The molecular weight excluding hydrogens is 260 g/mol. The number of hydrogen-bond donors (Lipinski definition) is 2. The number of nitrogens with one attached hydrogen (secondary N) is 2. The van der Waals surface area contributed by atoms with Crippen molar-refractivity contribution in [3.8, 4) is 0 Å². The first-order chi connectivity index (χ1) is 9.56. The Labute approximate surface area is 118 Å². The zero-order valence-electron chi connectivity index (χ0n) is 11.8. The second-order valence-electron chi connectivity index (χ2n) is 4.41. The molecule has 0 aliphatic rings. The summed E-state index contributed by atoms with van der Waals surface area (Å²) in [5, 5.41) is 16.7. The van der Waals surface area contributed by atoms with Crippen molar-refractivity contribution in [2.24, 2.45) is 0 Å². The van der Waals surface area contributed by atoms with Crippen molar-refractivity contribution in [1.29, 1.82) is 0 Å². The van der Waals surface area contributed by atoms with Crippen LogP contribution >= 0.6 is 0 Å². The predicted octanol–water partition coefficient (Wildman–Crippen LogP) is 0.757. The maximum absolute atomic E-state index is 11.7. The lowest BCUT2D eigenvalue weighted by Crippen LogP contribution is -2.36. The Hall–Kier alpha value is -2.15. The van der Waals surface area contributed by atoms with E-state index >= 15 is 0 Å². The molecule has 0 saturated carbocycles. The third kappa shape index (κ3) is 4.85. The number of anilines is 1. The lowest BCUT2D eigenvalue weighted by atomic mass is 10.2. The maximum atomic E-state index is 11.7. The van der Waals surface area contributed by atoms with Crippen LogP contribution in [-0.4, -0.2) is 44.6 Å². The van der Waals surface area contributed by atoms with Crippen LogP contribution in [0.4, 0.5) is 11.4 Å². The summed E-state index contributed by atoms with van der Waals surface area (Å²) in [6, 6.07) is 6.38. The van der Waals surface area contributed by atoms with Crippen LogP contribution in [0, 0.1) is 10.1 Å². The van der Waals surface area contributed by atoms with E-state index in [0.29, 0.717) is 12.2 Å². The number of para-hydroxylation sites is 2. The summed E-state index contributed by atoms with van der Waals surface area (Å²) in [5.41, 5.74) is 0.431. The summed E-state index contributed by atoms with van der Waals surface area (Å²) in [6.07, 6.45) is 0.845. The van der Waals surface area contributed by atoms with E-state index in [1.165, 1.54) is 6.07 Å². The number of nitro benzene ring substituents is 1. The summed E-state index contributed by atoms with van der Waals surface area (Å²) in [6.45, 7) is 1.51. The third-order valence-electron chi connectivity index (χ3n) is 2.80. The van der Waals surface area contributed by atoms with E-state index in [2.05, 4.69) is 10.6 Å². The SMILES string of the molecule is CNCCCNC(=O)CN(C)c1ccccc1[N+](=O)[O-]. The molecule has 2 N–H and O–H groups in total. The van der Waals surface area contributed by atoms with Gasteiger partial charge in [0.15, 0.2) is 0 Å². The van der Waals surface area contributed by atoms with Gasteiger partial charge in [-0.15, -0.1) is 0 Å². The molecule has 7 nitrogen and oxygen atoms in total. The summed E-state index contributed by atoms with van der Waals surface area (Å²) in [7, 11) is 3.51. The number of likely N-dealkylation sites (N-methyl/N-ethyl adjacent to an activating group) is 1. The molecule has 0 unspecified atom stereocenters. The zero-order chi connectivity index (χ0) is 15.0. The van der Waals surface area contributed by atoms with Gasteiger partial charge in [-0.2, -0.15) is 0 Å². The first-order valence-electron chi connectivity index (χ1n) is 6.42. The first kappa shape index (κ1) is 15.9. The van der Waals surface area contributed by atoms with E-state index in [1.807, 2.05) is 7.05 Å². The van der Waals surface area contributed by atoms with Crippen LogP contribution in [0.2, 0.25) is 0 Å². The average molecular weight is 280 g/mol. The van der Waals surface area contributed by atoms with Crippen molar-refractivity contribution < 1.29 is 9.72 Å². The monoisotopic (exact) mass is 280 g/mol. The molecule has 1 aromatic rings. The highest BCUT2D eigenvalue weighted by Gasteiger charge is 2.17. The van der Waals surface area contributed by atoms with Gasteiger partial charge in [0.2, 0.25) is 5.91 Å². The van der Waals surface area contributed by atoms with Crippen molar-refractivity contribution >= 4 is 17.3 Å². The molecule has 0 saturated heterocycles. The van der Waals surface area contributed by atoms with E-state index < -0.39 is 4.92 Å². The lowest BCUT2D eigenvalue weighted by Gasteiger charge is -2.18. The molecule has 1 rings (SSSR count). The Morgan fingerprint density at radius 2 is 2.05 bits per heavy atom. The molecule has 0 aromatic heterocycles. The van der Waals surface area contributed by atoms with E-state index in [0.717, 1.165) is 13.0 Å². The largest absolute Gasteiger partial charge is 0.360 e. The highest BCUT2D eigenvalue weighted by Crippen LogP contribution is 2.26. The third-order valence-corrected chi connectivity index (χ3v) is 2.80. The first-order valence-corrected chi connectivity index (χ1v) is 6.42. The van der Waals surface area contributed by atoms with Crippen LogP contribution in [-0.2, 0) is 4.79 Å². The Bertz CT molecular complexity index is 465. The molecule has 0 fully saturated rings. The Balaban J connectivity index is 2.56. The molecule has 1 amide bonds. The van der Waals surface area contributed by atoms with Gasteiger partial charge in [0.1, 0.15) is 5.69 Å². The molecule has 1 aromatic carbocycles. The molecule has 0 aliphatic carbocycles. The van der Waals surface area contributed by atoms with E-state index in [1.54, 1.807) is 30.1 Å².